The third-order valence-corrected chi connectivity index (χ3v) is 9.81. The van der Waals surface area contributed by atoms with Crippen molar-refractivity contribution in [2.75, 3.05) is 27.8 Å². The molecule has 0 aromatic heterocycles. The maximum Gasteiger partial charge on any atom is 0.231 e. The number of aryl methyl sites for hydroxylation is 4. The van der Waals surface area contributed by atoms with E-state index in [1.54, 1.807) is 14.2 Å². The third kappa shape index (κ3) is 4.74. The van der Waals surface area contributed by atoms with Crippen LogP contribution in [-0.2, 0) is 0 Å². The average Bonchev–Trinajstić information content (AvgIpc) is 3.59. The number of hydrogen-bond donors (Lipinski definition) is 0. The van der Waals surface area contributed by atoms with Gasteiger partial charge in [-0.2, -0.15) is 0 Å². The molecule has 2 atom stereocenters. The van der Waals surface area contributed by atoms with Crippen LogP contribution in [0.2, 0.25) is 0 Å². The Morgan fingerprint density at radius 3 is 1.68 bits per heavy atom. The molecule has 2 aliphatic rings. The Morgan fingerprint density at radius 1 is 0.600 bits per heavy atom. The van der Waals surface area contributed by atoms with Crippen LogP contribution in [0.25, 0.3) is 11.1 Å². The van der Waals surface area contributed by atoms with Gasteiger partial charge in [0, 0.05) is 10.9 Å². The second-order valence-electron chi connectivity index (χ2n) is 9.98. The molecule has 6 nitrogen and oxygen atoms in total. The van der Waals surface area contributed by atoms with Crippen molar-refractivity contribution in [2.45, 2.75) is 27.7 Å². The zero-order valence-corrected chi connectivity index (χ0v) is 25.5. The van der Waals surface area contributed by atoms with Crippen LogP contribution in [0.4, 0.5) is 0 Å². The van der Waals surface area contributed by atoms with E-state index in [1.165, 1.54) is 15.9 Å². The third-order valence-electron chi connectivity index (χ3n) is 7.23. The molecule has 0 spiro atoms. The molecular formula is C32H32O6P2. The number of rotatable bonds is 7. The molecule has 0 N–H and O–H groups in total. The van der Waals surface area contributed by atoms with Crippen LogP contribution in [0.5, 0.6) is 34.5 Å². The SMILES string of the molecule is COc1c(C)cc(Pc2ccc3c(c2-c2ccc4c(c2Pc2cc(C)c(OC)c(C)c2)OCO4)OCO3)cc1C. The van der Waals surface area contributed by atoms with Gasteiger partial charge in [0.05, 0.1) is 14.2 Å². The molecular weight excluding hydrogens is 542 g/mol. The van der Waals surface area contributed by atoms with E-state index in [4.69, 9.17) is 28.4 Å². The lowest BCUT2D eigenvalue weighted by atomic mass is 10.0. The lowest BCUT2D eigenvalue weighted by Gasteiger charge is -2.19. The smallest absolute Gasteiger partial charge is 0.231 e. The highest BCUT2D eigenvalue weighted by Gasteiger charge is 2.29. The van der Waals surface area contributed by atoms with Crippen molar-refractivity contribution in [3.05, 3.63) is 70.8 Å². The van der Waals surface area contributed by atoms with Crippen LogP contribution in [-0.4, -0.2) is 27.8 Å². The van der Waals surface area contributed by atoms with Crippen molar-refractivity contribution in [1.82, 2.24) is 0 Å². The zero-order chi connectivity index (χ0) is 28.0. The fourth-order valence-electron chi connectivity index (χ4n) is 5.64. The standard InChI is InChI=1S/C32H32O6P2/c1-17-11-21(12-18(2)28(17)33-5)39-26-10-9-24-30(37-15-35-24)27(26)23-7-8-25-31(38-16-36-25)32(23)40-22-13-19(3)29(34-6)20(4)14-22/h7-14,39-40H,15-16H2,1-6H3. The molecule has 2 aliphatic heterocycles. The van der Waals surface area contributed by atoms with Crippen LogP contribution < -0.4 is 49.6 Å². The van der Waals surface area contributed by atoms with Crippen molar-refractivity contribution >= 4 is 38.4 Å². The fourth-order valence-corrected chi connectivity index (χ4v) is 8.58. The summed E-state index contributed by atoms with van der Waals surface area (Å²) in [6.45, 7) is 8.77. The summed E-state index contributed by atoms with van der Waals surface area (Å²) in [7, 11) is 4.19. The maximum atomic E-state index is 6.12. The molecule has 0 saturated heterocycles. The van der Waals surface area contributed by atoms with Gasteiger partial charge in [0.15, 0.2) is 23.0 Å². The van der Waals surface area contributed by atoms with Crippen LogP contribution >= 0.6 is 17.2 Å². The Bertz CT molecular complexity index is 1580. The van der Waals surface area contributed by atoms with E-state index in [9.17, 15) is 0 Å². The highest BCUT2D eigenvalue weighted by Crippen LogP contribution is 2.46. The summed E-state index contributed by atoms with van der Waals surface area (Å²) in [6, 6.07) is 17.1. The molecule has 0 aliphatic carbocycles. The molecule has 2 unspecified atom stereocenters. The lowest BCUT2D eigenvalue weighted by molar-refractivity contribution is 0.174. The Balaban J connectivity index is 1.51. The predicted octanol–water partition coefficient (Wildman–Crippen LogP) is 5.32. The first-order valence-corrected chi connectivity index (χ1v) is 15.1. The van der Waals surface area contributed by atoms with Gasteiger partial charge in [-0.1, -0.05) is 17.2 Å². The molecule has 6 rings (SSSR count). The van der Waals surface area contributed by atoms with Gasteiger partial charge in [-0.3, -0.25) is 0 Å². The molecule has 4 aromatic carbocycles. The Kier molecular flexibility index (Phi) is 7.25. The van der Waals surface area contributed by atoms with E-state index in [0.29, 0.717) is 17.2 Å². The summed E-state index contributed by atoms with van der Waals surface area (Å²) in [4.78, 5) is 0. The predicted molar refractivity (Wildman–Crippen MR) is 164 cm³/mol. The highest BCUT2D eigenvalue weighted by molar-refractivity contribution is 7.56. The molecule has 2 heterocycles. The first-order valence-electron chi connectivity index (χ1n) is 13.1. The highest BCUT2D eigenvalue weighted by atomic mass is 31.1. The van der Waals surface area contributed by atoms with E-state index in [-0.39, 0.29) is 13.6 Å². The minimum absolute atomic E-state index is 0.203. The summed E-state index contributed by atoms with van der Waals surface area (Å²) in [5, 5.41) is 4.72. The largest absolute Gasteiger partial charge is 0.496 e. The van der Waals surface area contributed by atoms with Gasteiger partial charge < -0.3 is 28.4 Å². The van der Waals surface area contributed by atoms with E-state index in [2.05, 4.69) is 64.1 Å². The van der Waals surface area contributed by atoms with Gasteiger partial charge in [0.1, 0.15) is 11.5 Å². The molecule has 0 bridgehead atoms. The zero-order valence-electron chi connectivity index (χ0n) is 23.5. The van der Waals surface area contributed by atoms with Crippen molar-refractivity contribution in [2.24, 2.45) is 0 Å². The first-order chi connectivity index (χ1) is 19.4. The van der Waals surface area contributed by atoms with Crippen molar-refractivity contribution in [3.63, 3.8) is 0 Å². The summed E-state index contributed by atoms with van der Waals surface area (Å²) >= 11 is 0. The molecule has 4 aromatic rings. The lowest BCUT2D eigenvalue weighted by Crippen LogP contribution is -2.15. The van der Waals surface area contributed by atoms with Gasteiger partial charge in [-0.05, 0) is 120 Å². The Morgan fingerprint density at radius 2 is 1.10 bits per heavy atom. The number of hydrogen-bond acceptors (Lipinski definition) is 6. The van der Waals surface area contributed by atoms with Crippen LogP contribution in [0.1, 0.15) is 22.3 Å². The number of fused-ring (bicyclic) bond motifs is 2. The van der Waals surface area contributed by atoms with E-state index >= 15 is 0 Å². The fraction of sp³-hybridized carbons (Fsp3) is 0.250. The van der Waals surface area contributed by atoms with Gasteiger partial charge in [-0.15, -0.1) is 0 Å². The summed E-state index contributed by atoms with van der Waals surface area (Å²) in [5.41, 5.74) is 6.59. The molecule has 0 radical (unpaired) electrons. The van der Waals surface area contributed by atoms with Gasteiger partial charge in [0.2, 0.25) is 13.6 Å². The van der Waals surface area contributed by atoms with E-state index in [0.717, 1.165) is 73.2 Å². The van der Waals surface area contributed by atoms with Crippen LogP contribution in [0, 0.1) is 27.7 Å². The van der Waals surface area contributed by atoms with Gasteiger partial charge in [-0.25, -0.2) is 0 Å². The molecule has 8 heteroatoms. The Hall–Kier alpha value is -3.46. The monoisotopic (exact) mass is 574 g/mol. The van der Waals surface area contributed by atoms with Crippen molar-refractivity contribution in [3.8, 4) is 45.6 Å². The van der Waals surface area contributed by atoms with Crippen molar-refractivity contribution in [1.29, 1.82) is 0 Å². The molecule has 0 saturated carbocycles. The number of ether oxygens (including phenoxy) is 6. The molecule has 0 fully saturated rings. The van der Waals surface area contributed by atoms with Crippen molar-refractivity contribution < 1.29 is 28.4 Å². The number of methoxy groups -OCH3 is 2. The number of benzene rings is 4. The van der Waals surface area contributed by atoms with Gasteiger partial charge >= 0.3 is 0 Å². The molecule has 0 amide bonds. The minimum Gasteiger partial charge on any atom is -0.496 e. The average molecular weight is 575 g/mol. The normalized spacial score (nSPS) is 13.7. The quantitative estimate of drug-likeness (QED) is 0.279. The summed E-state index contributed by atoms with van der Waals surface area (Å²) in [5.74, 6) is 4.95. The second kappa shape index (κ2) is 10.8. The first kappa shape index (κ1) is 26.7. The van der Waals surface area contributed by atoms with Gasteiger partial charge in [0.25, 0.3) is 0 Å². The molecule has 206 valence electrons. The van der Waals surface area contributed by atoms with Crippen LogP contribution in [0.3, 0.4) is 0 Å². The summed E-state index contributed by atoms with van der Waals surface area (Å²) in [6.07, 6.45) is 0. The summed E-state index contributed by atoms with van der Waals surface area (Å²) < 4.78 is 35.1. The molecule has 40 heavy (non-hydrogen) atoms. The van der Waals surface area contributed by atoms with E-state index < -0.39 is 0 Å². The topological polar surface area (TPSA) is 55.4 Å². The minimum atomic E-state index is 0.203. The Labute approximate surface area is 238 Å². The maximum absolute atomic E-state index is 6.12. The van der Waals surface area contributed by atoms with E-state index in [1.807, 2.05) is 12.1 Å². The van der Waals surface area contributed by atoms with Crippen LogP contribution in [0.15, 0.2) is 48.5 Å². The second-order valence-corrected chi connectivity index (χ2v) is 12.7.